The highest BCUT2D eigenvalue weighted by Crippen LogP contribution is 2.22. The van der Waals surface area contributed by atoms with Crippen molar-refractivity contribution in [2.75, 3.05) is 52.6 Å². The third-order valence-corrected chi connectivity index (χ3v) is 9.15. The van der Waals surface area contributed by atoms with Gasteiger partial charge in [0.1, 0.15) is 5.84 Å². The van der Waals surface area contributed by atoms with Crippen LogP contribution in [0.5, 0.6) is 0 Å². The number of sulfonamides is 2. The van der Waals surface area contributed by atoms with Crippen LogP contribution < -0.4 is 0 Å². The third-order valence-electron chi connectivity index (χ3n) is 5.98. The van der Waals surface area contributed by atoms with E-state index in [1.165, 1.54) is 4.31 Å². The van der Waals surface area contributed by atoms with Crippen LogP contribution in [0.4, 0.5) is 0 Å². The molecule has 11 heteroatoms. The topological polar surface area (TPSA) is 99.6 Å². The molecular weight excluding hydrogens is 476 g/mol. The van der Waals surface area contributed by atoms with E-state index in [2.05, 4.69) is 9.30 Å². The van der Waals surface area contributed by atoms with Gasteiger partial charge in [-0.15, -0.1) is 4.40 Å². The van der Waals surface area contributed by atoms with Crippen LogP contribution in [-0.4, -0.2) is 89.4 Å². The van der Waals surface area contributed by atoms with E-state index in [-0.39, 0.29) is 23.0 Å². The molecule has 2 heterocycles. The quantitative estimate of drug-likeness (QED) is 0.434. The van der Waals surface area contributed by atoms with E-state index in [9.17, 15) is 16.8 Å². The molecule has 4 rings (SSSR count). The van der Waals surface area contributed by atoms with Crippen LogP contribution in [0.2, 0.25) is 0 Å². The molecule has 0 saturated carbocycles. The first-order valence-electron chi connectivity index (χ1n) is 11.2. The van der Waals surface area contributed by atoms with Gasteiger partial charge >= 0.3 is 0 Å². The van der Waals surface area contributed by atoms with Crippen LogP contribution in [0.25, 0.3) is 0 Å². The Kier molecular flexibility index (Phi) is 7.39. The first-order chi connectivity index (χ1) is 16.1. The Hall–Kier alpha value is -2.31. The predicted octanol–water partition coefficient (Wildman–Crippen LogP) is 1.69. The number of hydrogen-bond acceptors (Lipinski definition) is 6. The van der Waals surface area contributed by atoms with Crippen LogP contribution in [0.3, 0.4) is 0 Å². The minimum atomic E-state index is -3.95. The molecule has 2 saturated heterocycles. The molecular formula is C23H30N4O5S2. The van der Waals surface area contributed by atoms with Crippen molar-refractivity contribution < 1.29 is 21.6 Å². The van der Waals surface area contributed by atoms with Crippen molar-refractivity contribution in [2.45, 2.75) is 23.6 Å². The highest BCUT2D eigenvalue weighted by Gasteiger charge is 2.34. The van der Waals surface area contributed by atoms with Gasteiger partial charge in [-0.05, 0) is 38.1 Å². The van der Waals surface area contributed by atoms with Gasteiger partial charge in [-0.3, -0.25) is 4.90 Å². The second-order valence-electron chi connectivity index (χ2n) is 8.58. The number of morpholine rings is 1. The standard InChI is InChI=1S/C23H30N4O5S2/c1-19-3-7-21(8-4-19)33(28,29)24-23(17-25-13-15-32-16-14-25)26-11-12-27(18-26)34(30,31)22-9-5-20(2)6-10-22/h3-10H,11-18H2,1-2H3. The highest BCUT2D eigenvalue weighted by atomic mass is 32.2. The van der Waals surface area contributed by atoms with E-state index in [4.69, 9.17) is 4.74 Å². The summed E-state index contributed by atoms with van der Waals surface area (Å²) in [4.78, 5) is 4.15. The molecule has 2 fully saturated rings. The maximum absolute atomic E-state index is 13.2. The Balaban J connectivity index is 1.61. The van der Waals surface area contributed by atoms with E-state index in [1.54, 1.807) is 53.4 Å². The molecule has 0 N–H and O–H groups in total. The number of hydrogen-bond donors (Lipinski definition) is 0. The first-order valence-corrected chi connectivity index (χ1v) is 14.1. The summed E-state index contributed by atoms with van der Waals surface area (Å²) in [5, 5.41) is 0. The first kappa shape index (κ1) is 24.8. The molecule has 2 aromatic rings. The fraction of sp³-hybridized carbons (Fsp3) is 0.435. The van der Waals surface area contributed by atoms with Crippen molar-refractivity contribution in [1.29, 1.82) is 0 Å². The second-order valence-corrected chi connectivity index (χ2v) is 12.1. The molecule has 2 aromatic carbocycles. The Bertz CT molecular complexity index is 1240. The summed E-state index contributed by atoms with van der Waals surface area (Å²) in [6.07, 6.45) is 0. The summed E-state index contributed by atoms with van der Waals surface area (Å²) in [5.41, 5.74) is 1.93. The lowest BCUT2D eigenvalue weighted by Crippen LogP contribution is -2.45. The zero-order valence-corrected chi connectivity index (χ0v) is 21.1. The smallest absolute Gasteiger partial charge is 0.283 e. The molecule has 184 valence electrons. The second kappa shape index (κ2) is 10.1. The van der Waals surface area contributed by atoms with Gasteiger partial charge in [-0.2, -0.15) is 12.7 Å². The lowest BCUT2D eigenvalue weighted by molar-refractivity contribution is 0.0442. The van der Waals surface area contributed by atoms with E-state index >= 15 is 0 Å². The summed E-state index contributed by atoms with van der Waals surface area (Å²) in [6.45, 7) is 7.17. The van der Waals surface area contributed by atoms with Gasteiger partial charge in [-0.25, -0.2) is 8.42 Å². The third kappa shape index (κ3) is 5.66. The average Bonchev–Trinajstić information content (AvgIpc) is 3.31. The lowest BCUT2D eigenvalue weighted by atomic mass is 10.2. The number of benzene rings is 2. The van der Waals surface area contributed by atoms with Crippen LogP contribution >= 0.6 is 0 Å². The highest BCUT2D eigenvalue weighted by molar-refractivity contribution is 7.90. The van der Waals surface area contributed by atoms with Crippen molar-refractivity contribution in [1.82, 2.24) is 14.1 Å². The van der Waals surface area contributed by atoms with Gasteiger partial charge in [0.25, 0.3) is 10.0 Å². The van der Waals surface area contributed by atoms with Gasteiger partial charge in [0.05, 0.1) is 36.2 Å². The van der Waals surface area contributed by atoms with Gasteiger partial charge in [0, 0.05) is 26.2 Å². The molecule has 0 aliphatic carbocycles. The molecule has 0 bridgehead atoms. The Morgan fingerprint density at radius 2 is 1.38 bits per heavy atom. The normalized spacial score (nSPS) is 19.0. The van der Waals surface area contributed by atoms with Gasteiger partial charge in [0.15, 0.2) is 0 Å². The molecule has 2 aliphatic rings. The zero-order valence-electron chi connectivity index (χ0n) is 19.4. The molecule has 0 radical (unpaired) electrons. The fourth-order valence-corrected chi connectivity index (χ4v) is 6.31. The van der Waals surface area contributed by atoms with Crippen LogP contribution in [0, 0.1) is 13.8 Å². The average molecular weight is 507 g/mol. The molecule has 0 atom stereocenters. The zero-order chi connectivity index (χ0) is 24.3. The maximum Gasteiger partial charge on any atom is 0.283 e. The van der Waals surface area contributed by atoms with Crippen molar-refractivity contribution in [3.8, 4) is 0 Å². The molecule has 0 amide bonds. The maximum atomic E-state index is 13.2. The van der Waals surface area contributed by atoms with E-state index in [0.717, 1.165) is 11.1 Å². The van der Waals surface area contributed by atoms with Gasteiger partial charge in [0.2, 0.25) is 10.0 Å². The molecule has 0 spiro atoms. The SMILES string of the molecule is Cc1ccc(S(=O)(=O)N=C(CN2CCOCC2)N2CCN(S(=O)(=O)c3ccc(C)cc3)C2)cc1. The lowest BCUT2D eigenvalue weighted by Gasteiger charge is -2.30. The van der Waals surface area contributed by atoms with Crippen LogP contribution in [0.15, 0.2) is 62.7 Å². The number of aryl methyl sites for hydroxylation is 2. The Morgan fingerprint density at radius 1 is 0.824 bits per heavy atom. The van der Waals surface area contributed by atoms with E-state index in [0.29, 0.717) is 45.2 Å². The summed E-state index contributed by atoms with van der Waals surface area (Å²) in [5.74, 6) is 0.337. The van der Waals surface area contributed by atoms with Crippen molar-refractivity contribution in [3.05, 3.63) is 59.7 Å². The summed E-state index contributed by atoms with van der Waals surface area (Å²) in [6, 6.07) is 13.3. The summed E-state index contributed by atoms with van der Waals surface area (Å²) >= 11 is 0. The number of amidine groups is 1. The monoisotopic (exact) mass is 506 g/mol. The van der Waals surface area contributed by atoms with Crippen LogP contribution in [0.1, 0.15) is 11.1 Å². The number of rotatable bonds is 6. The van der Waals surface area contributed by atoms with Gasteiger partial charge in [-0.1, -0.05) is 35.4 Å². The predicted molar refractivity (Wildman–Crippen MR) is 130 cm³/mol. The minimum absolute atomic E-state index is 0.0444. The summed E-state index contributed by atoms with van der Waals surface area (Å²) in [7, 11) is -7.66. The molecule has 0 aromatic heterocycles. The molecule has 34 heavy (non-hydrogen) atoms. The van der Waals surface area contributed by atoms with Crippen molar-refractivity contribution in [3.63, 3.8) is 0 Å². The largest absolute Gasteiger partial charge is 0.379 e. The molecule has 2 aliphatic heterocycles. The van der Waals surface area contributed by atoms with Crippen molar-refractivity contribution >= 4 is 25.9 Å². The Morgan fingerprint density at radius 3 is 1.97 bits per heavy atom. The summed E-state index contributed by atoms with van der Waals surface area (Å²) < 4.78 is 63.5. The molecule has 0 unspecified atom stereocenters. The van der Waals surface area contributed by atoms with E-state index < -0.39 is 20.0 Å². The number of nitrogens with zero attached hydrogens (tertiary/aromatic N) is 4. The van der Waals surface area contributed by atoms with E-state index in [1.807, 2.05) is 13.8 Å². The van der Waals surface area contributed by atoms with Gasteiger partial charge < -0.3 is 9.64 Å². The van der Waals surface area contributed by atoms with Crippen molar-refractivity contribution in [2.24, 2.45) is 4.40 Å². The number of ether oxygens (including phenoxy) is 1. The van der Waals surface area contributed by atoms with Crippen LogP contribution in [-0.2, 0) is 24.8 Å². The fourth-order valence-electron chi connectivity index (χ4n) is 3.88. The molecule has 9 nitrogen and oxygen atoms in total. The minimum Gasteiger partial charge on any atom is -0.379 e. The Labute approximate surface area is 201 Å².